The van der Waals surface area contributed by atoms with Crippen LogP contribution in [0.4, 0.5) is 0 Å². The molecule has 0 radical (unpaired) electrons. The van der Waals surface area contributed by atoms with Gasteiger partial charge in [0.15, 0.2) is 0 Å². The quantitative estimate of drug-likeness (QED) is 0.836. The fraction of sp³-hybridized carbons (Fsp3) is 0.417. The molecule has 2 aromatic heterocycles. The molecule has 0 bridgehead atoms. The SMILES string of the molecule is CCC(C)C(N)c1nc2cnccc2c(=O)[nH]1. The molecule has 2 rings (SSSR count). The summed E-state index contributed by atoms with van der Waals surface area (Å²) in [5, 5.41) is 0.542. The van der Waals surface area contributed by atoms with Gasteiger partial charge in [-0.3, -0.25) is 9.78 Å². The highest BCUT2D eigenvalue weighted by atomic mass is 16.1. The number of hydrogen-bond acceptors (Lipinski definition) is 4. The smallest absolute Gasteiger partial charge is 0.258 e. The number of nitrogens with two attached hydrogens (primary N) is 1. The Morgan fingerprint density at radius 2 is 2.29 bits per heavy atom. The molecular formula is C12H16N4O. The second-order valence-corrected chi connectivity index (χ2v) is 4.26. The van der Waals surface area contributed by atoms with E-state index in [1.165, 1.54) is 0 Å². The zero-order chi connectivity index (χ0) is 12.4. The van der Waals surface area contributed by atoms with Gasteiger partial charge in [-0.15, -0.1) is 0 Å². The molecule has 0 amide bonds. The van der Waals surface area contributed by atoms with E-state index in [0.29, 0.717) is 16.7 Å². The maximum Gasteiger partial charge on any atom is 0.258 e. The van der Waals surface area contributed by atoms with Gasteiger partial charge in [-0.2, -0.15) is 0 Å². The number of pyridine rings is 1. The van der Waals surface area contributed by atoms with Gasteiger partial charge in [0.1, 0.15) is 5.82 Å². The molecule has 5 nitrogen and oxygen atoms in total. The van der Waals surface area contributed by atoms with Crippen molar-refractivity contribution in [3.05, 3.63) is 34.6 Å². The summed E-state index contributed by atoms with van der Waals surface area (Å²) in [4.78, 5) is 22.9. The van der Waals surface area contributed by atoms with Crippen molar-refractivity contribution in [3.8, 4) is 0 Å². The molecule has 0 fully saturated rings. The molecule has 0 spiro atoms. The van der Waals surface area contributed by atoms with Gasteiger partial charge in [0.2, 0.25) is 0 Å². The van der Waals surface area contributed by atoms with E-state index in [9.17, 15) is 4.79 Å². The van der Waals surface area contributed by atoms with Crippen molar-refractivity contribution in [1.82, 2.24) is 15.0 Å². The Kier molecular flexibility index (Phi) is 3.19. The Morgan fingerprint density at radius 3 is 3.00 bits per heavy atom. The fourth-order valence-corrected chi connectivity index (χ4v) is 1.69. The van der Waals surface area contributed by atoms with Crippen LogP contribution in [-0.4, -0.2) is 15.0 Å². The number of fused-ring (bicyclic) bond motifs is 1. The first-order valence-electron chi connectivity index (χ1n) is 5.73. The van der Waals surface area contributed by atoms with Crippen LogP contribution in [-0.2, 0) is 0 Å². The number of nitrogens with one attached hydrogen (secondary N) is 1. The van der Waals surface area contributed by atoms with E-state index in [2.05, 4.69) is 21.9 Å². The molecular weight excluding hydrogens is 216 g/mol. The average molecular weight is 232 g/mol. The highest BCUT2D eigenvalue weighted by Crippen LogP contribution is 2.18. The van der Waals surface area contributed by atoms with Crippen LogP contribution in [0.1, 0.15) is 32.1 Å². The zero-order valence-corrected chi connectivity index (χ0v) is 9.97. The second-order valence-electron chi connectivity index (χ2n) is 4.26. The van der Waals surface area contributed by atoms with Gasteiger partial charge in [0.25, 0.3) is 5.56 Å². The van der Waals surface area contributed by atoms with Crippen molar-refractivity contribution in [2.75, 3.05) is 0 Å². The van der Waals surface area contributed by atoms with Crippen LogP contribution in [0.15, 0.2) is 23.3 Å². The number of rotatable bonds is 3. The van der Waals surface area contributed by atoms with E-state index in [4.69, 9.17) is 5.73 Å². The minimum Gasteiger partial charge on any atom is -0.321 e. The third-order valence-electron chi connectivity index (χ3n) is 3.10. The lowest BCUT2D eigenvalue weighted by Gasteiger charge is -2.17. The second kappa shape index (κ2) is 4.63. The Labute approximate surface area is 99.1 Å². The fourth-order valence-electron chi connectivity index (χ4n) is 1.69. The first-order chi connectivity index (χ1) is 8.13. The first-order valence-corrected chi connectivity index (χ1v) is 5.73. The van der Waals surface area contributed by atoms with Crippen molar-refractivity contribution < 1.29 is 0 Å². The molecule has 0 saturated heterocycles. The predicted molar refractivity (Wildman–Crippen MR) is 66.5 cm³/mol. The summed E-state index contributed by atoms with van der Waals surface area (Å²) in [6, 6.07) is 1.40. The average Bonchev–Trinajstić information content (AvgIpc) is 2.37. The summed E-state index contributed by atoms with van der Waals surface area (Å²) in [5.41, 5.74) is 6.48. The zero-order valence-electron chi connectivity index (χ0n) is 9.97. The number of hydrogen-bond donors (Lipinski definition) is 2. The summed E-state index contributed by atoms with van der Waals surface area (Å²) >= 11 is 0. The molecule has 2 unspecified atom stereocenters. The first kappa shape index (κ1) is 11.7. The molecule has 0 aliphatic rings. The van der Waals surface area contributed by atoms with E-state index in [1.807, 2.05) is 6.92 Å². The molecule has 0 aliphatic heterocycles. The van der Waals surface area contributed by atoms with E-state index >= 15 is 0 Å². The molecule has 2 heterocycles. The lowest BCUT2D eigenvalue weighted by atomic mass is 9.99. The number of H-pyrrole nitrogens is 1. The number of aromatic nitrogens is 3. The molecule has 3 N–H and O–H groups in total. The van der Waals surface area contributed by atoms with Crippen molar-refractivity contribution in [2.45, 2.75) is 26.3 Å². The van der Waals surface area contributed by atoms with Gasteiger partial charge in [-0.25, -0.2) is 4.98 Å². The third-order valence-corrected chi connectivity index (χ3v) is 3.10. The normalized spacial score (nSPS) is 14.8. The Bertz CT molecular complexity index is 578. The minimum atomic E-state index is -0.252. The van der Waals surface area contributed by atoms with Crippen LogP contribution in [0.25, 0.3) is 10.9 Å². The van der Waals surface area contributed by atoms with E-state index in [0.717, 1.165) is 6.42 Å². The Balaban J connectivity index is 2.54. The maximum absolute atomic E-state index is 11.8. The lowest BCUT2D eigenvalue weighted by molar-refractivity contribution is 0.439. The molecule has 17 heavy (non-hydrogen) atoms. The highest BCUT2D eigenvalue weighted by Gasteiger charge is 2.16. The summed E-state index contributed by atoms with van der Waals surface area (Å²) in [5.74, 6) is 0.803. The number of aromatic amines is 1. The van der Waals surface area contributed by atoms with E-state index in [1.54, 1.807) is 18.5 Å². The predicted octanol–water partition coefficient (Wildman–Crippen LogP) is 1.36. The van der Waals surface area contributed by atoms with E-state index in [-0.39, 0.29) is 17.5 Å². The van der Waals surface area contributed by atoms with Crippen LogP contribution in [0, 0.1) is 5.92 Å². The van der Waals surface area contributed by atoms with Crippen molar-refractivity contribution >= 4 is 10.9 Å². The van der Waals surface area contributed by atoms with Crippen LogP contribution in [0.3, 0.4) is 0 Å². The Morgan fingerprint density at radius 1 is 1.53 bits per heavy atom. The van der Waals surface area contributed by atoms with E-state index < -0.39 is 0 Å². The molecule has 90 valence electrons. The summed E-state index contributed by atoms with van der Waals surface area (Å²) in [6.45, 7) is 4.10. The molecule has 2 atom stereocenters. The van der Waals surface area contributed by atoms with Gasteiger partial charge in [-0.1, -0.05) is 20.3 Å². The number of nitrogens with zero attached hydrogens (tertiary/aromatic N) is 2. The van der Waals surface area contributed by atoms with Gasteiger partial charge in [-0.05, 0) is 12.0 Å². The molecule has 0 saturated carbocycles. The van der Waals surface area contributed by atoms with Crippen LogP contribution in [0.2, 0.25) is 0 Å². The largest absolute Gasteiger partial charge is 0.321 e. The highest BCUT2D eigenvalue weighted by molar-refractivity contribution is 5.75. The summed E-state index contributed by atoms with van der Waals surface area (Å²) < 4.78 is 0. The van der Waals surface area contributed by atoms with Crippen molar-refractivity contribution in [3.63, 3.8) is 0 Å². The topological polar surface area (TPSA) is 84.7 Å². The minimum absolute atomic E-state index is 0.161. The third kappa shape index (κ3) is 2.19. The van der Waals surface area contributed by atoms with Gasteiger partial charge >= 0.3 is 0 Å². The molecule has 0 aromatic carbocycles. The Hall–Kier alpha value is -1.75. The molecule has 5 heteroatoms. The summed E-state index contributed by atoms with van der Waals surface area (Å²) in [6.07, 6.45) is 4.10. The van der Waals surface area contributed by atoms with Crippen molar-refractivity contribution in [1.29, 1.82) is 0 Å². The summed E-state index contributed by atoms with van der Waals surface area (Å²) in [7, 11) is 0. The van der Waals surface area contributed by atoms with Crippen LogP contribution < -0.4 is 11.3 Å². The van der Waals surface area contributed by atoms with Crippen LogP contribution >= 0.6 is 0 Å². The monoisotopic (exact) mass is 232 g/mol. The standard InChI is InChI=1S/C12H16N4O/c1-3-7(2)10(13)11-15-9-6-14-5-4-8(9)12(17)16-11/h4-7,10H,3,13H2,1-2H3,(H,15,16,17). The van der Waals surface area contributed by atoms with Crippen molar-refractivity contribution in [2.24, 2.45) is 11.7 Å². The molecule has 0 aliphatic carbocycles. The van der Waals surface area contributed by atoms with Gasteiger partial charge in [0, 0.05) is 6.20 Å². The van der Waals surface area contributed by atoms with Crippen LogP contribution in [0.5, 0.6) is 0 Å². The maximum atomic E-state index is 11.8. The lowest BCUT2D eigenvalue weighted by Crippen LogP contribution is -2.24. The molecule has 2 aromatic rings. The van der Waals surface area contributed by atoms with Gasteiger partial charge in [0.05, 0.1) is 23.1 Å². The van der Waals surface area contributed by atoms with Gasteiger partial charge < -0.3 is 10.7 Å².